The summed E-state index contributed by atoms with van der Waals surface area (Å²) >= 11 is 6.12. The van der Waals surface area contributed by atoms with Crippen molar-refractivity contribution >= 4 is 11.6 Å². The molecule has 0 aliphatic carbocycles. The maximum absolute atomic E-state index is 9.83. The van der Waals surface area contributed by atoms with Crippen molar-refractivity contribution in [2.24, 2.45) is 0 Å². The van der Waals surface area contributed by atoms with E-state index >= 15 is 0 Å². The molecule has 2 rings (SSSR count). The van der Waals surface area contributed by atoms with Gasteiger partial charge in [-0.2, -0.15) is 0 Å². The minimum atomic E-state index is 0.286. The molecule has 1 atom stereocenters. The summed E-state index contributed by atoms with van der Waals surface area (Å²) in [6.07, 6.45) is 2.54. The summed E-state index contributed by atoms with van der Waals surface area (Å²) in [6.45, 7) is 2.90. The number of rotatable bonds is 4. The van der Waals surface area contributed by atoms with E-state index in [2.05, 4.69) is 23.9 Å². The first-order valence-electron chi connectivity index (χ1n) is 6.43. The van der Waals surface area contributed by atoms with E-state index in [0.717, 1.165) is 12.1 Å². The molecule has 3 nitrogen and oxygen atoms in total. The highest BCUT2D eigenvalue weighted by atomic mass is 35.5. The lowest BCUT2D eigenvalue weighted by Crippen LogP contribution is -2.36. The van der Waals surface area contributed by atoms with Gasteiger partial charge in [0.25, 0.3) is 0 Å². The Morgan fingerprint density at radius 3 is 2.89 bits per heavy atom. The molecule has 1 aliphatic rings. The van der Waals surface area contributed by atoms with Crippen molar-refractivity contribution in [3.8, 4) is 5.75 Å². The molecule has 1 aromatic carbocycles. The molecule has 0 spiro atoms. The lowest BCUT2D eigenvalue weighted by atomic mass is 10.1. The van der Waals surface area contributed by atoms with Gasteiger partial charge < -0.3 is 14.9 Å². The van der Waals surface area contributed by atoms with Crippen LogP contribution in [-0.2, 0) is 6.54 Å². The molecule has 1 aliphatic heterocycles. The molecule has 1 N–H and O–H groups in total. The first-order chi connectivity index (χ1) is 8.58. The molecule has 1 heterocycles. The third-order valence-electron chi connectivity index (χ3n) is 3.72. The van der Waals surface area contributed by atoms with Crippen molar-refractivity contribution in [2.75, 3.05) is 27.2 Å². The highest BCUT2D eigenvalue weighted by Crippen LogP contribution is 2.26. The van der Waals surface area contributed by atoms with Crippen molar-refractivity contribution in [1.29, 1.82) is 0 Å². The summed E-state index contributed by atoms with van der Waals surface area (Å²) < 4.78 is 0. The Bertz CT molecular complexity index is 391. The lowest BCUT2D eigenvalue weighted by Gasteiger charge is -2.26. The Labute approximate surface area is 114 Å². The maximum atomic E-state index is 9.83. The van der Waals surface area contributed by atoms with Crippen molar-refractivity contribution < 1.29 is 5.11 Å². The number of hydrogen-bond acceptors (Lipinski definition) is 3. The topological polar surface area (TPSA) is 26.7 Å². The van der Waals surface area contributed by atoms with E-state index in [-0.39, 0.29) is 5.75 Å². The van der Waals surface area contributed by atoms with E-state index in [1.165, 1.54) is 19.4 Å². The first kappa shape index (κ1) is 13.7. The second kappa shape index (κ2) is 5.91. The minimum Gasteiger partial charge on any atom is -0.508 e. The Morgan fingerprint density at radius 2 is 2.28 bits per heavy atom. The van der Waals surface area contributed by atoms with Crippen LogP contribution >= 0.6 is 11.6 Å². The Hall–Kier alpha value is -0.770. The number of benzene rings is 1. The summed E-state index contributed by atoms with van der Waals surface area (Å²) in [5, 5.41) is 10.5. The Kier molecular flexibility index (Phi) is 4.49. The van der Waals surface area contributed by atoms with E-state index in [1.807, 2.05) is 6.07 Å². The number of likely N-dealkylation sites (tertiary alicyclic amines) is 1. The molecule has 0 radical (unpaired) electrons. The van der Waals surface area contributed by atoms with Crippen LogP contribution in [0.5, 0.6) is 5.75 Å². The maximum Gasteiger partial charge on any atom is 0.121 e. The number of phenols is 1. The largest absolute Gasteiger partial charge is 0.508 e. The molecule has 0 saturated carbocycles. The van der Waals surface area contributed by atoms with Crippen LogP contribution < -0.4 is 0 Å². The third-order valence-corrected chi connectivity index (χ3v) is 4.07. The molecule has 0 bridgehead atoms. The molecule has 1 unspecified atom stereocenters. The fourth-order valence-electron chi connectivity index (χ4n) is 2.61. The van der Waals surface area contributed by atoms with Gasteiger partial charge in [-0.05, 0) is 45.6 Å². The van der Waals surface area contributed by atoms with Crippen LogP contribution in [0.1, 0.15) is 18.4 Å². The van der Waals surface area contributed by atoms with Gasteiger partial charge in [0, 0.05) is 29.7 Å². The van der Waals surface area contributed by atoms with Crippen LogP contribution in [-0.4, -0.2) is 48.1 Å². The van der Waals surface area contributed by atoms with Gasteiger partial charge >= 0.3 is 0 Å². The number of phenolic OH excluding ortho intramolecular Hbond substituents is 1. The zero-order chi connectivity index (χ0) is 13.1. The molecular formula is C14H21ClN2O. The van der Waals surface area contributed by atoms with Gasteiger partial charge in [0.15, 0.2) is 0 Å². The molecule has 4 heteroatoms. The SMILES string of the molecule is CN(Cc1c(O)cccc1Cl)CC1CCCN1C. The number of hydrogen-bond donors (Lipinski definition) is 1. The minimum absolute atomic E-state index is 0.286. The van der Waals surface area contributed by atoms with Gasteiger partial charge in [-0.3, -0.25) is 0 Å². The zero-order valence-electron chi connectivity index (χ0n) is 11.1. The van der Waals surface area contributed by atoms with Gasteiger partial charge in [-0.15, -0.1) is 0 Å². The molecule has 100 valence electrons. The number of halogens is 1. The smallest absolute Gasteiger partial charge is 0.121 e. The number of nitrogens with zero attached hydrogens (tertiary/aromatic N) is 2. The average Bonchev–Trinajstić information content (AvgIpc) is 2.70. The second-order valence-electron chi connectivity index (χ2n) is 5.21. The van der Waals surface area contributed by atoms with E-state index in [1.54, 1.807) is 12.1 Å². The van der Waals surface area contributed by atoms with Crippen LogP contribution in [0.3, 0.4) is 0 Å². The van der Waals surface area contributed by atoms with Crippen molar-refractivity contribution in [2.45, 2.75) is 25.4 Å². The zero-order valence-corrected chi connectivity index (χ0v) is 11.8. The van der Waals surface area contributed by atoms with Crippen LogP contribution in [0.4, 0.5) is 0 Å². The van der Waals surface area contributed by atoms with Crippen molar-refractivity contribution in [3.63, 3.8) is 0 Å². The molecule has 0 aromatic heterocycles. The average molecular weight is 269 g/mol. The van der Waals surface area contributed by atoms with Crippen molar-refractivity contribution in [1.82, 2.24) is 9.80 Å². The Morgan fingerprint density at radius 1 is 1.50 bits per heavy atom. The standard InChI is InChI=1S/C14H21ClN2O/c1-16(9-11-5-4-8-17(11)2)10-12-13(15)6-3-7-14(12)18/h3,6-7,11,18H,4-5,8-10H2,1-2H3. The van der Waals surface area contributed by atoms with Crippen LogP contribution in [0, 0.1) is 0 Å². The highest BCUT2D eigenvalue weighted by Gasteiger charge is 2.22. The Balaban J connectivity index is 1.96. The van der Waals surface area contributed by atoms with E-state index < -0.39 is 0 Å². The molecule has 0 amide bonds. The van der Waals surface area contributed by atoms with Gasteiger partial charge in [0.2, 0.25) is 0 Å². The molecule has 18 heavy (non-hydrogen) atoms. The van der Waals surface area contributed by atoms with Crippen LogP contribution in [0.2, 0.25) is 5.02 Å². The van der Waals surface area contributed by atoms with E-state index in [9.17, 15) is 5.11 Å². The van der Waals surface area contributed by atoms with Gasteiger partial charge in [0.1, 0.15) is 5.75 Å². The third kappa shape index (κ3) is 3.16. The quantitative estimate of drug-likeness (QED) is 0.909. The highest BCUT2D eigenvalue weighted by molar-refractivity contribution is 6.31. The van der Waals surface area contributed by atoms with Gasteiger partial charge in [0.05, 0.1) is 0 Å². The van der Waals surface area contributed by atoms with Crippen LogP contribution in [0.15, 0.2) is 18.2 Å². The molecule has 1 saturated heterocycles. The predicted octanol–water partition coefficient (Wildman–Crippen LogP) is 2.57. The summed E-state index contributed by atoms with van der Waals surface area (Å²) in [4.78, 5) is 4.64. The fraction of sp³-hybridized carbons (Fsp3) is 0.571. The molecule has 1 aromatic rings. The van der Waals surface area contributed by atoms with E-state index in [4.69, 9.17) is 11.6 Å². The van der Waals surface area contributed by atoms with Crippen LogP contribution in [0.25, 0.3) is 0 Å². The van der Waals surface area contributed by atoms with E-state index in [0.29, 0.717) is 17.6 Å². The number of aromatic hydroxyl groups is 1. The lowest BCUT2D eigenvalue weighted by molar-refractivity contribution is 0.214. The molecular weight excluding hydrogens is 248 g/mol. The summed E-state index contributed by atoms with van der Waals surface area (Å²) in [5.41, 5.74) is 0.822. The monoisotopic (exact) mass is 268 g/mol. The van der Waals surface area contributed by atoms with Gasteiger partial charge in [-0.1, -0.05) is 17.7 Å². The fourth-order valence-corrected chi connectivity index (χ4v) is 2.84. The summed E-state index contributed by atoms with van der Waals surface area (Å²) in [5.74, 6) is 0.286. The molecule has 1 fully saturated rings. The predicted molar refractivity (Wildman–Crippen MR) is 75.1 cm³/mol. The summed E-state index contributed by atoms with van der Waals surface area (Å²) in [6, 6.07) is 5.91. The van der Waals surface area contributed by atoms with Crippen molar-refractivity contribution in [3.05, 3.63) is 28.8 Å². The number of likely N-dealkylation sites (N-methyl/N-ethyl adjacent to an activating group) is 2. The first-order valence-corrected chi connectivity index (χ1v) is 6.81. The van der Waals surface area contributed by atoms with Gasteiger partial charge in [-0.25, -0.2) is 0 Å². The second-order valence-corrected chi connectivity index (χ2v) is 5.62. The normalized spacial score (nSPS) is 20.8. The summed E-state index contributed by atoms with van der Waals surface area (Å²) in [7, 11) is 4.26.